The van der Waals surface area contributed by atoms with E-state index < -0.39 is 23.8 Å². The van der Waals surface area contributed by atoms with Gasteiger partial charge in [0.25, 0.3) is 5.56 Å². The number of aromatic amines is 1. The van der Waals surface area contributed by atoms with E-state index in [0.29, 0.717) is 16.5 Å². The molecule has 0 radical (unpaired) electrons. The number of benzene rings is 2. The third kappa shape index (κ3) is 4.46. The Labute approximate surface area is 157 Å². The van der Waals surface area contributed by atoms with Gasteiger partial charge in [0.05, 0.1) is 16.5 Å². The fourth-order valence-corrected chi connectivity index (χ4v) is 2.51. The van der Waals surface area contributed by atoms with Crippen LogP contribution in [-0.2, 0) is 15.7 Å². The van der Waals surface area contributed by atoms with E-state index in [1.165, 1.54) is 18.2 Å². The van der Waals surface area contributed by atoms with Gasteiger partial charge in [-0.15, -0.1) is 0 Å². The van der Waals surface area contributed by atoms with Crippen LogP contribution in [0.2, 0.25) is 0 Å². The number of alkyl halides is 3. The maximum absolute atomic E-state index is 12.5. The molecule has 3 rings (SSSR count). The molecule has 3 aromatic rings. The van der Waals surface area contributed by atoms with Gasteiger partial charge in [0.2, 0.25) is 0 Å². The van der Waals surface area contributed by atoms with E-state index in [1.807, 2.05) is 0 Å². The molecule has 1 N–H and O–H groups in total. The summed E-state index contributed by atoms with van der Waals surface area (Å²) < 4.78 is 42.8. The van der Waals surface area contributed by atoms with Crippen molar-refractivity contribution >= 4 is 22.9 Å². The number of nitrogens with one attached hydrogen (secondary N) is 1. The molecule has 0 aliphatic rings. The Hall–Kier alpha value is -3.42. The van der Waals surface area contributed by atoms with Gasteiger partial charge in [-0.2, -0.15) is 13.2 Å². The van der Waals surface area contributed by atoms with E-state index in [0.717, 1.165) is 18.2 Å². The number of H-pyrrole nitrogens is 1. The summed E-state index contributed by atoms with van der Waals surface area (Å²) in [6.45, 7) is 1.55. The van der Waals surface area contributed by atoms with Crippen LogP contribution in [0.5, 0.6) is 0 Å². The summed E-state index contributed by atoms with van der Waals surface area (Å²) in [6, 6.07) is 11.1. The average molecular weight is 388 g/mol. The Kier molecular flexibility index (Phi) is 5.30. The van der Waals surface area contributed by atoms with Crippen molar-refractivity contribution in [1.29, 1.82) is 0 Å². The summed E-state index contributed by atoms with van der Waals surface area (Å²) in [5, 5.41) is 0.423. The summed E-state index contributed by atoms with van der Waals surface area (Å²) in [7, 11) is 0. The third-order valence-electron chi connectivity index (χ3n) is 3.96. The Bertz CT molecular complexity index is 1090. The van der Waals surface area contributed by atoms with Gasteiger partial charge in [-0.25, -0.2) is 9.78 Å². The van der Waals surface area contributed by atoms with E-state index >= 15 is 0 Å². The first-order chi connectivity index (χ1) is 13.2. The minimum absolute atomic E-state index is 0.194. The van der Waals surface area contributed by atoms with Gasteiger partial charge >= 0.3 is 12.1 Å². The van der Waals surface area contributed by atoms with Gasteiger partial charge in [-0.05, 0) is 42.8 Å². The highest BCUT2D eigenvalue weighted by atomic mass is 19.4. The lowest BCUT2D eigenvalue weighted by molar-refractivity contribution is -0.142. The summed E-state index contributed by atoms with van der Waals surface area (Å²) in [6.07, 6.45) is -2.80. The smallest absolute Gasteiger partial charge is 0.416 e. The van der Waals surface area contributed by atoms with Crippen LogP contribution in [0.3, 0.4) is 0 Å². The number of esters is 1. The Morgan fingerprint density at radius 2 is 1.82 bits per heavy atom. The molecule has 0 saturated heterocycles. The number of ether oxygens (including phenoxy) is 1. The summed E-state index contributed by atoms with van der Waals surface area (Å²) in [5.41, 5.74) is -0.227. The summed E-state index contributed by atoms with van der Waals surface area (Å²) in [5.74, 6) is -0.525. The summed E-state index contributed by atoms with van der Waals surface area (Å²) >= 11 is 0. The lowest BCUT2D eigenvalue weighted by Crippen LogP contribution is -2.16. The zero-order chi connectivity index (χ0) is 20.3. The molecular weight excluding hydrogens is 373 g/mol. The number of hydrogen-bond donors (Lipinski definition) is 1. The molecule has 1 atom stereocenters. The van der Waals surface area contributed by atoms with Gasteiger partial charge in [0.1, 0.15) is 0 Å². The maximum atomic E-state index is 12.5. The largest absolute Gasteiger partial charge is 0.451 e. The Morgan fingerprint density at radius 1 is 1.14 bits per heavy atom. The number of halogens is 3. The number of aromatic nitrogens is 2. The predicted octanol–water partition coefficient (Wildman–Crippen LogP) is 4.26. The molecule has 0 amide bonds. The lowest BCUT2D eigenvalue weighted by Gasteiger charge is -2.11. The quantitative estimate of drug-likeness (QED) is 0.536. The van der Waals surface area contributed by atoms with Gasteiger partial charge in [0.15, 0.2) is 11.9 Å². The minimum Gasteiger partial charge on any atom is -0.451 e. The molecule has 8 heteroatoms. The number of nitrogens with zero attached hydrogens (tertiary/aromatic N) is 1. The first-order valence-electron chi connectivity index (χ1n) is 8.29. The van der Waals surface area contributed by atoms with E-state index in [-0.39, 0.29) is 11.4 Å². The van der Waals surface area contributed by atoms with Crippen molar-refractivity contribution in [2.24, 2.45) is 0 Å². The van der Waals surface area contributed by atoms with Crippen LogP contribution < -0.4 is 5.56 Å². The van der Waals surface area contributed by atoms with E-state index in [2.05, 4.69) is 9.97 Å². The second kappa shape index (κ2) is 7.67. The molecule has 1 heterocycles. The summed E-state index contributed by atoms with van der Waals surface area (Å²) in [4.78, 5) is 30.9. The van der Waals surface area contributed by atoms with Gasteiger partial charge in [-0.1, -0.05) is 24.3 Å². The fourth-order valence-electron chi connectivity index (χ4n) is 2.51. The average Bonchev–Trinajstić information content (AvgIpc) is 2.66. The minimum atomic E-state index is -4.42. The van der Waals surface area contributed by atoms with Crippen LogP contribution in [0.1, 0.15) is 30.0 Å². The molecular formula is C20H15F3N2O3. The van der Waals surface area contributed by atoms with Crippen molar-refractivity contribution < 1.29 is 22.7 Å². The SMILES string of the molecule is C[C@H](OC(=O)/C=C/c1ccc(C(F)(F)F)cc1)c1nc2ccccc2c(=O)[nH]1. The molecule has 0 saturated carbocycles. The standard InChI is InChI=1S/C20H15F3N2O3/c1-12(18-24-16-5-3-2-4-15(16)19(27)25-18)28-17(26)11-8-13-6-9-14(10-7-13)20(21,22)23/h2-12H,1H3,(H,24,25,27)/b11-8+/t12-/m0/s1. The van der Waals surface area contributed by atoms with Crippen LogP contribution >= 0.6 is 0 Å². The Morgan fingerprint density at radius 3 is 2.50 bits per heavy atom. The molecule has 2 aromatic carbocycles. The topological polar surface area (TPSA) is 72.0 Å². The van der Waals surface area contributed by atoms with Crippen molar-refractivity contribution in [3.8, 4) is 0 Å². The van der Waals surface area contributed by atoms with Crippen molar-refractivity contribution in [2.75, 3.05) is 0 Å². The number of carbonyl (C=O) groups excluding carboxylic acids is 1. The van der Waals surface area contributed by atoms with Crippen molar-refractivity contribution in [2.45, 2.75) is 19.2 Å². The van der Waals surface area contributed by atoms with Crippen LogP contribution in [0.25, 0.3) is 17.0 Å². The van der Waals surface area contributed by atoms with Crippen LogP contribution in [0.4, 0.5) is 13.2 Å². The van der Waals surface area contributed by atoms with Gasteiger partial charge < -0.3 is 9.72 Å². The van der Waals surface area contributed by atoms with E-state index in [1.54, 1.807) is 31.2 Å². The number of hydrogen-bond acceptors (Lipinski definition) is 4. The van der Waals surface area contributed by atoms with Crippen molar-refractivity contribution in [3.63, 3.8) is 0 Å². The monoisotopic (exact) mass is 388 g/mol. The van der Waals surface area contributed by atoms with E-state index in [4.69, 9.17) is 4.74 Å². The molecule has 0 fully saturated rings. The Balaban J connectivity index is 1.69. The molecule has 144 valence electrons. The van der Waals surface area contributed by atoms with Crippen molar-refractivity contribution in [1.82, 2.24) is 9.97 Å². The molecule has 0 unspecified atom stereocenters. The first kappa shape index (κ1) is 19.3. The second-order valence-electron chi connectivity index (χ2n) is 6.00. The van der Waals surface area contributed by atoms with Crippen LogP contribution in [-0.4, -0.2) is 15.9 Å². The molecule has 0 bridgehead atoms. The van der Waals surface area contributed by atoms with Gasteiger partial charge in [-0.3, -0.25) is 4.79 Å². The highest BCUT2D eigenvalue weighted by molar-refractivity contribution is 5.87. The fraction of sp³-hybridized carbons (Fsp3) is 0.150. The lowest BCUT2D eigenvalue weighted by atomic mass is 10.1. The van der Waals surface area contributed by atoms with Crippen LogP contribution in [0, 0.1) is 0 Å². The molecule has 0 spiro atoms. The first-order valence-corrected chi connectivity index (χ1v) is 8.29. The second-order valence-corrected chi connectivity index (χ2v) is 6.00. The highest BCUT2D eigenvalue weighted by Gasteiger charge is 2.29. The van der Waals surface area contributed by atoms with E-state index in [9.17, 15) is 22.8 Å². The van der Waals surface area contributed by atoms with Gasteiger partial charge in [0, 0.05) is 6.08 Å². The third-order valence-corrected chi connectivity index (χ3v) is 3.96. The predicted molar refractivity (Wildman–Crippen MR) is 97.3 cm³/mol. The normalized spacial score (nSPS) is 13.0. The van der Waals surface area contributed by atoms with Crippen LogP contribution in [0.15, 0.2) is 59.4 Å². The highest BCUT2D eigenvalue weighted by Crippen LogP contribution is 2.29. The number of carbonyl (C=O) groups is 1. The molecule has 0 aliphatic heterocycles. The molecule has 0 aliphatic carbocycles. The molecule has 28 heavy (non-hydrogen) atoms. The molecule has 5 nitrogen and oxygen atoms in total. The zero-order valence-electron chi connectivity index (χ0n) is 14.7. The number of rotatable bonds is 4. The number of para-hydroxylation sites is 1. The van der Waals surface area contributed by atoms with Crippen molar-refractivity contribution in [3.05, 3.63) is 81.9 Å². The molecule has 1 aromatic heterocycles. The zero-order valence-corrected chi connectivity index (χ0v) is 14.7. The number of fused-ring (bicyclic) bond motifs is 1. The maximum Gasteiger partial charge on any atom is 0.416 e.